The Balaban J connectivity index is 2.41. The minimum Gasteiger partial charge on any atom is -0.413 e. The first-order chi connectivity index (χ1) is 8.95. The summed E-state index contributed by atoms with van der Waals surface area (Å²) in [5.41, 5.74) is 2.86. The van der Waals surface area contributed by atoms with E-state index in [-0.39, 0.29) is 17.4 Å². The highest BCUT2D eigenvalue weighted by atomic mass is 16.5. The molecule has 1 aliphatic rings. The quantitative estimate of drug-likeness (QED) is 0.414. The molecule has 0 aromatic heterocycles. The molecule has 2 radical (unpaired) electrons. The Kier molecular flexibility index (Phi) is 3.48. The number of amides is 2. The van der Waals surface area contributed by atoms with E-state index in [1.54, 1.807) is 11.5 Å². The number of hydrogen-bond donors (Lipinski definition) is 3. The Labute approximate surface area is 112 Å². The second-order valence-corrected chi connectivity index (χ2v) is 4.76. The summed E-state index contributed by atoms with van der Waals surface area (Å²) in [7, 11) is 5.96. The fraction of sp³-hybridized carbons (Fsp3) is 0.333. The molecule has 2 rings (SSSR count). The summed E-state index contributed by atoms with van der Waals surface area (Å²) in [6.07, 6.45) is 0. The van der Waals surface area contributed by atoms with E-state index in [0.717, 1.165) is 0 Å². The number of carbonyl (C=O) groups is 2. The van der Waals surface area contributed by atoms with E-state index in [4.69, 9.17) is 13.2 Å². The van der Waals surface area contributed by atoms with E-state index in [1.165, 1.54) is 16.9 Å². The molecule has 0 unspecified atom stereocenters. The van der Waals surface area contributed by atoms with Crippen molar-refractivity contribution in [3.05, 3.63) is 23.8 Å². The molecular formula is C12H14BN3O3. The molecule has 1 heterocycles. The molecule has 0 bridgehead atoms. The molecule has 0 fully saturated rings. The van der Waals surface area contributed by atoms with Crippen LogP contribution in [-0.4, -0.2) is 31.0 Å². The van der Waals surface area contributed by atoms with Crippen LogP contribution < -0.4 is 15.6 Å². The minimum absolute atomic E-state index is 0.0542. The highest BCUT2D eigenvalue weighted by Crippen LogP contribution is 2.33. The molecule has 6 nitrogen and oxygen atoms in total. The average Bonchev–Trinajstić information content (AvgIpc) is 2.36. The maximum absolute atomic E-state index is 12.0. The third-order valence-corrected chi connectivity index (χ3v) is 3.10. The summed E-state index contributed by atoms with van der Waals surface area (Å²) < 4.78 is 0. The summed E-state index contributed by atoms with van der Waals surface area (Å²) >= 11 is 0. The minimum atomic E-state index is -0.647. The maximum atomic E-state index is 12.0. The smallest absolute Gasteiger partial charge is 0.274 e. The third-order valence-electron chi connectivity index (χ3n) is 3.10. The lowest BCUT2D eigenvalue weighted by atomic mass is 9.94. The van der Waals surface area contributed by atoms with Crippen molar-refractivity contribution in [3.63, 3.8) is 0 Å². The molecule has 0 spiro atoms. The molecule has 0 saturated carbocycles. The fourth-order valence-electron chi connectivity index (χ4n) is 2.17. The van der Waals surface area contributed by atoms with Gasteiger partial charge in [0.1, 0.15) is 0 Å². The Bertz CT molecular complexity index is 533. The van der Waals surface area contributed by atoms with E-state index in [0.29, 0.717) is 11.4 Å². The summed E-state index contributed by atoms with van der Waals surface area (Å²) in [5, 5.41) is 11.3. The van der Waals surface area contributed by atoms with E-state index >= 15 is 0 Å². The summed E-state index contributed by atoms with van der Waals surface area (Å²) in [5.74, 6) is -0.809. The molecule has 2 amide bonds. The van der Waals surface area contributed by atoms with Crippen LogP contribution in [0.5, 0.6) is 0 Å². The van der Waals surface area contributed by atoms with Crippen LogP contribution in [0.2, 0.25) is 0 Å². The number of carbonyl (C=O) groups excluding carboxylic acids is 2. The number of hydrogen-bond acceptors (Lipinski definition) is 4. The van der Waals surface area contributed by atoms with Gasteiger partial charge in [0.05, 0.1) is 11.7 Å². The third kappa shape index (κ3) is 2.29. The standard InChI is InChI=1S/C12H14BN3O3/c1-6(2)10-12(18)14-8-5-7(11(17)15-19)3-4-9(8)16(10)13/h3-6,10,19H,1-2H3,(H,14,18)(H,15,17)/t10-/m0/s1. The number of anilines is 2. The number of nitrogens with zero attached hydrogens (tertiary/aromatic N) is 1. The Morgan fingerprint density at radius 2 is 2.21 bits per heavy atom. The topological polar surface area (TPSA) is 81.7 Å². The monoisotopic (exact) mass is 259 g/mol. The molecule has 1 aromatic carbocycles. The van der Waals surface area contributed by atoms with Gasteiger partial charge in [0.2, 0.25) is 13.9 Å². The van der Waals surface area contributed by atoms with Gasteiger partial charge in [0.25, 0.3) is 5.91 Å². The van der Waals surface area contributed by atoms with Gasteiger partial charge in [-0.15, -0.1) is 0 Å². The molecule has 0 saturated heterocycles. The maximum Gasteiger partial charge on any atom is 0.274 e. The number of benzene rings is 1. The Morgan fingerprint density at radius 1 is 1.53 bits per heavy atom. The van der Waals surface area contributed by atoms with Crippen molar-refractivity contribution in [1.82, 2.24) is 5.48 Å². The molecule has 1 atom stereocenters. The van der Waals surface area contributed by atoms with Crippen molar-refractivity contribution in [2.24, 2.45) is 5.92 Å². The van der Waals surface area contributed by atoms with Crippen LogP contribution in [0.1, 0.15) is 24.2 Å². The molecule has 19 heavy (non-hydrogen) atoms. The molecule has 3 N–H and O–H groups in total. The first-order valence-corrected chi connectivity index (χ1v) is 5.89. The first kappa shape index (κ1) is 13.4. The molecule has 0 aliphatic carbocycles. The lowest BCUT2D eigenvalue weighted by molar-refractivity contribution is -0.118. The van der Waals surface area contributed by atoms with Crippen LogP contribution >= 0.6 is 0 Å². The summed E-state index contributed by atoms with van der Waals surface area (Å²) in [6.45, 7) is 3.81. The Morgan fingerprint density at radius 3 is 2.79 bits per heavy atom. The lowest BCUT2D eigenvalue weighted by Crippen LogP contribution is -2.49. The van der Waals surface area contributed by atoms with Gasteiger partial charge in [0, 0.05) is 11.3 Å². The zero-order valence-electron chi connectivity index (χ0n) is 10.7. The average molecular weight is 259 g/mol. The lowest BCUT2D eigenvalue weighted by Gasteiger charge is -2.38. The zero-order valence-corrected chi connectivity index (χ0v) is 10.7. The highest BCUT2D eigenvalue weighted by molar-refractivity contribution is 6.25. The van der Waals surface area contributed by atoms with Crippen molar-refractivity contribution in [3.8, 4) is 0 Å². The van der Waals surface area contributed by atoms with Crippen LogP contribution in [0.25, 0.3) is 0 Å². The molecule has 1 aliphatic heterocycles. The molecule has 98 valence electrons. The van der Waals surface area contributed by atoms with Gasteiger partial charge in [-0.05, 0) is 24.1 Å². The fourth-order valence-corrected chi connectivity index (χ4v) is 2.17. The normalized spacial score (nSPS) is 18.0. The van der Waals surface area contributed by atoms with Gasteiger partial charge >= 0.3 is 0 Å². The molecule has 1 aromatic rings. The first-order valence-electron chi connectivity index (χ1n) is 5.89. The number of nitrogens with one attached hydrogen (secondary N) is 2. The van der Waals surface area contributed by atoms with Crippen LogP contribution in [0.4, 0.5) is 11.4 Å². The Hall–Kier alpha value is -2.02. The van der Waals surface area contributed by atoms with Gasteiger partial charge in [-0.3, -0.25) is 14.8 Å². The predicted molar refractivity (Wildman–Crippen MR) is 71.2 cm³/mol. The van der Waals surface area contributed by atoms with Crippen molar-refractivity contribution in [2.45, 2.75) is 19.9 Å². The van der Waals surface area contributed by atoms with Gasteiger partial charge in [-0.2, -0.15) is 0 Å². The van der Waals surface area contributed by atoms with Crippen LogP contribution in [0.3, 0.4) is 0 Å². The summed E-state index contributed by atoms with van der Waals surface area (Å²) in [4.78, 5) is 24.7. The van der Waals surface area contributed by atoms with Gasteiger partial charge in [-0.25, -0.2) is 5.48 Å². The van der Waals surface area contributed by atoms with E-state index in [9.17, 15) is 9.59 Å². The van der Waals surface area contributed by atoms with Crippen LogP contribution in [0.15, 0.2) is 18.2 Å². The van der Waals surface area contributed by atoms with Gasteiger partial charge in [-0.1, -0.05) is 13.8 Å². The van der Waals surface area contributed by atoms with Crippen molar-refractivity contribution < 1.29 is 14.8 Å². The van der Waals surface area contributed by atoms with Crippen molar-refractivity contribution >= 4 is 31.2 Å². The van der Waals surface area contributed by atoms with Gasteiger partial charge in [0.15, 0.2) is 0 Å². The predicted octanol–water partition coefficient (Wildman–Crippen LogP) is 0.672. The van der Waals surface area contributed by atoms with Gasteiger partial charge < -0.3 is 10.1 Å². The molecular weight excluding hydrogens is 245 g/mol. The SMILES string of the molecule is [B]N1c2ccc(C(=O)NO)cc2NC(=O)[C@@H]1C(C)C. The largest absolute Gasteiger partial charge is 0.413 e. The number of hydroxylamine groups is 1. The van der Waals surface area contributed by atoms with Crippen LogP contribution in [0, 0.1) is 5.92 Å². The van der Waals surface area contributed by atoms with E-state index in [2.05, 4.69) is 5.32 Å². The summed E-state index contributed by atoms with van der Waals surface area (Å²) in [6, 6.07) is 4.17. The van der Waals surface area contributed by atoms with Crippen LogP contribution in [-0.2, 0) is 4.79 Å². The molecule has 7 heteroatoms. The van der Waals surface area contributed by atoms with E-state index in [1.807, 2.05) is 13.8 Å². The zero-order chi connectivity index (χ0) is 14.2. The number of fused-ring (bicyclic) bond motifs is 1. The van der Waals surface area contributed by atoms with Crippen molar-refractivity contribution in [1.29, 1.82) is 0 Å². The van der Waals surface area contributed by atoms with Crippen molar-refractivity contribution in [2.75, 3.05) is 10.1 Å². The number of rotatable bonds is 2. The highest BCUT2D eigenvalue weighted by Gasteiger charge is 2.32. The second kappa shape index (κ2) is 4.93. The van der Waals surface area contributed by atoms with E-state index < -0.39 is 11.9 Å². The second-order valence-electron chi connectivity index (χ2n) is 4.76.